The van der Waals surface area contributed by atoms with E-state index in [0.717, 1.165) is 30.1 Å². The van der Waals surface area contributed by atoms with Crippen molar-refractivity contribution in [2.24, 2.45) is 0 Å². The van der Waals surface area contributed by atoms with E-state index < -0.39 is 0 Å². The monoisotopic (exact) mass is 343 g/mol. The molecule has 2 aromatic rings. The van der Waals surface area contributed by atoms with Crippen molar-refractivity contribution in [2.75, 3.05) is 19.6 Å². The van der Waals surface area contributed by atoms with Crippen molar-refractivity contribution in [2.45, 2.75) is 38.4 Å². The lowest BCUT2D eigenvalue weighted by Gasteiger charge is -2.24. The highest BCUT2D eigenvalue weighted by Gasteiger charge is 2.26. The Labute approximate surface area is 150 Å². The van der Waals surface area contributed by atoms with Gasteiger partial charge in [-0.05, 0) is 42.6 Å². The predicted octanol–water partition coefficient (Wildman–Crippen LogP) is 5.32. The van der Waals surface area contributed by atoms with Crippen LogP contribution in [0.3, 0.4) is 0 Å². The lowest BCUT2D eigenvalue weighted by atomic mass is 10.0. The van der Waals surface area contributed by atoms with E-state index in [0.29, 0.717) is 6.10 Å². The second-order valence-electron chi connectivity index (χ2n) is 6.54. The molecular weight excluding hydrogens is 318 g/mol. The highest BCUT2D eigenvalue weighted by atomic mass is 35.5. The number of ether oxygens (including phenoxy) is 1. The van der Waals surface area contributed by atoms with Crippen molar-refractivity contribution in [1.82, 2.24) is 4.90 Å². The third-order valence-corrected chi connectivity index (χ3v) is 4.91. The number of hydrogen-bond donors (Lipinski definition) is 0. The fourth-order valence-corrected chi connectivity index (χ4v) is 3.43. The Morgan fingerprint density at radius 3 is 2.50 bits per heavy atom. The van der Waals surface area contributed by atoms with Gasteiger partial charge in [-0.2, -0.15) is 0 Å². The van der Waals surface area contributed by atoms with Gasteiger partial charge in [-0.25, -0.2) is 0 Å². The minimum absolute atomic E-state index is 0.0282. The summed E-state index contributed by atoms with van der Waals surface area (Å²) in [6, 6.07) is 18.5. The van der Waals surface area contributed by atoms with Gasteiger partial charge in [0.1, 0.15) is 6.10 Å². The molecule has 1 saturated heterocycles. The van der Waals surface area contributed by atoms with Gasteiger partial charge in [0.05, 0.1) is 6.10 Å². The average molecular weight is 344 g/mol. The number of hydrogen-bond acceptors (Lipinski definition) is 2. The minimum Gasteiger partial charge on any atom is -0.364 e. The van der Waals surface area contributed by atoms with Crippen LogP contribution in [0, 0.1) is 0 Å². The van der Waals surface area contributed by atoms with Gasteiger partial charge >= 0.3 is 0 Å². The van der Waals surface area contributed by atoms with Gasteiger partial charge in [-0.1, -0.05) is 67.4 Å². The molecule has 128 valence electrons. The Bertz CT molecular complexity index is 613. The lowest BCUT2D eigenvalue weighted by Crippen LogP contribution is -2.25. The molecule has 1 aliphatic rings. The second kappa shape index (κ2) is 8.66. The summed E-state index contributed by atoms with van der Waals surface area (Å²) in [6.07, 6.45) is 3.90. The van der Waals surface area contributed by atoms with Gasteiger partial charge in [0.25, 0.3) is 0 Å². The smallest absolute Gasteiger partial charge is 0.108 e. The summed E-state index contributed by atoms with van der Waals surface area (Å²) in [7, 11) is 0. The standard InChI is InChI=1S/C21H26ClNO/c1-2-3-14-23-15-13-20(16-23)24-21(17-7-5-4-6-8-17)18-9-11-19(22)12-10-18/h4-12,20-21H,2-3,13-16H2,1H3/t20-,21+/m1/s1. The quantitative estimate of drug-likeness (QED) is 0.674. The minimum atomic E-state index is -0.0282. The zero-order chi connectivity index (χ0) is 16.8. The van der Waals surface area contributed by atoms with Gasteiger partial charge in [0.2, 0.25) is 0 Å². The molecule has 0 amide bonds. The molecule has 2 aromatic carbocycles. The van der Waals surface area contributed by atoms with E-state index in [1.54, 1.807) is 0 Å². The molecule has 1 heterocycles. The first-order valence-electron chi connectivity index (χ1n) is 8.94. The van der Waals surface area contributed by atoms with Crippen LogP contribution in [-0.2, 0) is 4.74 Å². The third kappa shape index (κ3) is 4.60. The Morgan fingerprint density at radius 1 is 1.08 bits per heavy atom. The summed E-state index contributed by atoms with van der Waals surface area (Å²) in [6.45, 7) is 5.62. The van der Waals surface area contributed by atoms with Crippen LogP contribution in [0.4, 0.5) is 0 Å². The van der Waals surface area contributed by atoms with Gasteiger partial charge in [-0.15, -0.1) is 0 Å². The number of halogens is 1. The van der Waals surface area contributed by atoms with E-state index in [1.807, 2.05) is 18.2 Å². The molecule has 2 atom stereocenters. The molecule has 24 heavy (non-hydrogen) atoms. The van der Waals surface area contributed by atoms with Crippen molar-refractivity contribution in [1.29, 1.82) is 0 Å². The second-order valence-corrected chi connectivity index (χ2v) is 6.98. The van der Waals surface area contributed by atoms with E-state index in [1.165, 1.54) is 24.9 Å². The molecule has 2 nitrogen and oxygen atoms in total. The first-order chi connectivity index (χ1) is 11.8. The molecular formula is C21H26ClNO. The first-order valence-corrected chi connectivity index (χ1v) is 9.32. The first kappa shape index (κ1) is 17.5. The van der Waals surface area contributed by atoms with E-state index in [2.05, 4.69) is 48.2 Å². The maximum atomic E-state index is 6.55. The largest absolute Gasteiger partial charge is 0.364 e. The summed E-state index contributed by atoms with van der Waals surface area (Å²) in [4.78, 5) is 2.53. The van der Waals surface area contributed by atoms with Crippen LogP contribution in [-0.4, -0.2) is 30.6 Å². The maximum absolute atomic E-state index is 6.55. The van der Waals surface area contributed by atoms with Crippen molar-refractivity contribution in [3.63, 3.8) is 0 Å². The van der Waals surface area contributed by atoms with Crippen LogP contribution >= 0.6 is 11.6 Å². The molecule has 0 radical (unpaired) electrons. The van der Waals surface area contributed by atoms with E-state index >= 15 is 0 Å². The van der Waals surface area contributed by atoms with E-state index in [9.17, 15) is 0 Å². The molecule has 0 saturated carbocycles. The van der Waals surface area contributed by atoms with Crippen molar-refractivity contribution in [3.05, 3.63) is 70.7 Å². The van der Waals surface area contributed by atoms with Gasteiger partial charge < -0.3 is 9.64 Å². The van der Waals surface area contributed by atoms with Gasteiger partial charge in [-0.3, -0.25) is 0 Å². The molecule has 0 N–H and O–H groups in total. The molecule has 1 aliphatic heterocycles. The van der Waals surface area contributed by atoms with Crippen LogP contribution in [0.1, 0.15) is 43.4 Å². The lowest BCUT2D eigenvalue weighted by molar-refractivity contribution is 0.0142. The van der Waals surface area contributed by atoms with Crippen molar-refractivity contribution in [3.8, 4) is 0 Å². The number of rotatable bonds is 7. The third-order valence-electron chi connectivity index (χ3n) is 4.66. The van der Waals surface area contributed by atoms with Crippen LogP contribution < -0.4 is 0 Å². The Kier molecular flexibility index (Phi) is 6.30. The normalized spacial score (nSPS) is 19.5. The molecule has 0 spiro atoms. The Morgan fingerprint density at radius 2 is 1.79 bits per heavy atom. The average Bonchev–Trinajstić information content (AvgIpc) is 3.07. The van der Waals surface area contributed by atoms with Gasteiger partial charge in [0, 0.05) is 18.1 Å². The summed E-state index contributed by atoms with van der Waals surface area (Å²) in [5.74, 6) is 0. The van der Waals surface area contributed by atoms with Crippen LogP contribution in [0.25, 0.3) is 0 Å². The summed E-state index contributed by atoms with van der Waals surface area (Å²) < 4.78 is 6.55. The van der Waals surface area contributed by atoms with Crippen molar-refractivity contribution >= 4 is 11.6 Å². The van der Waals surface area contributed by atoms with Crippen LogP contribution in [0.2, 0.25) is 5.02 Å². The number of unbranched alkanes of at least 4 members (excludes halogenated alkanes) is 1. The van der Waals surface area contributed by atoms with Crippen LogP contribution in [0.15, 0.2) is 54.6 Å². The van der Waals surface area contributed by atoms with Crippen molar-refractivity contribution < 1.29 is 4.74 Å². The molecule has 3 rings (SSSR count). The summed E-state index contributed by atoms with van der Waals surface area (Å²) >= 11 is 6.05. The molecule has 0 aliphatic carbocycles. The fourth-order valence-electron chi connectivity index (χ4n) is 3.30. The van der Waals surface area contributed by atoms with Gasteiger partial charge in [0.15, 0.2) is 0 Å². The SMILES string of the molecule is CCCCN1CC[C@@H](O[C@@H](c2ccccc2)c2ccc(Cl)cc2)C1. The zero-order valence-corrected chi connectivity index (χ0v) is 15.1. The summed E-state index contributed by atoms with van der Waals surface area (Å²) in [5, 5.41) is 0.761. The maximum Gasteiger partial charge on any atom is 0.108 e. The highest BCUT2D eigenvalue weighted by Crippen LogP contribution is 2.30. The van der Waals surface area contributed by atoms with Crippen LogP contribution in [0.5, 0.6) is 0 Å². The molecule has 1 fully saturated rings. The Hall–Kier alpha value is -1.35. The van der Waals surface area contributed by atoms with E-state index in [-0.39, 0.29) is 6.10 Å². The Balaban J connectivity index is 1.73. The topological polar surface area (TPSA) is 12.5 Å². The predicted molar refractivity (Wildman–Crippen MR) is 101 cm³/mol. The number of benzene rings is 2. The summed E-state index contributed by atoms with van der Waals surface area (Å²) in [5.41, 5.74) is 2.37. The molecule has 3 heteroatoms. The number of nitrogens with zero attached hydrogens (tertiary/aromatic N) is 1. The highest BCUT2D eigenvalue weighted by molar-refractivity contribution is 6.30. The molecule has 0 aromatic heterocycles. The fraction of sp³-hybridized carbons (Fsp3) is 0.429. The molecule has 0 unspecified atom stereocenters. The number of likely N-dealkylation sites (tertiary alicyclic amines) is 1. The molecule has 0 bridgehead atoms. The van der Waals surface area contributed by atoms with E-state index in [4.69, 9.17) is 16.3 Å². The zero-order valence-electron chi connectivity index (χ0n) is 14.3.